The smallest absolute Gasteiger partial charge is 0.201 e. The number of halogens is 1. The van der Waals surface area contributed by atoms with Gasteiger partial charge in [0, 0.05) is 13.0 Å². The van der Waals surface area contributed by atoms with Gasteiger partial charge in [-0.25, -0.2) is 0 Å². The number of furan rings is 1. The van der Waals surface area contributed by atoms with Crippen molar-refractivity contribution < 1.29 is 13.9 Å². The molecule has 0 aromatic carbocycles. The quantitative estimate of drug-likeness (QED) is 0.783. The molecule has 3 nitrogen and oxygen atoms in total. The lowest BCUT2D eigenvalue weighted by Gasteiger charge is -2.06. The van der Waals surface area contributed by atoms with Crippen molar-refractivity contribution in [1.82, 2.24) is 0 Å². The van der Waals surface area contributed by atoms with Gasteiger partial charge in [0.25, 0.3) is 0 Å². The van der Waals surface area contributed by atoms with Crippen molar-refractivity contribution in [2.75, 3.05) is 6.61 Å². The number of carbonyl (C=O) groups excluding carboxylic acids is 1. The Morgan fingerprint density at radius 2 is 2.50 bits per heavy atom. The molecule has 1 fully saturated rings. The third-order valence-electron chi connectivity index (χ3n) is 2.31. The van der Waals surface area contributed by atoms with Gasteiger partial charge in [0.05, 0.1) is 16.8 Å². The number of rotatable bonds is 3. The predicted octanol–water partition coefficient (Wildman–Crippen LogP) is 2.79. The van der Waals surface area contributed by atoms with Crippen LogP contribution >= 0.6 is 15.9 Å². The van der Waals surface area contributed by atoms with Crippen LogP contribution in [-0.4, -0.2) is 18.5 Å². The van der Waals surface area contributed by atoms with E-state index < -0.39 is 0 Å². The van der Waals surface area contributed by atoms with E-state index in [1.54, 1.807) is 6.07 Å². The summed E-state index contributed by atoms with van der Waals surface area (Å²) in [6, 6.07) is 1.72. The average Bonchev–Trinajstić information content (AvgIpc) is 2.75. The summed E-state index contributed by atoms with van der Waals surface area (Å²) in [5, 5.41) is 0. The zero-order valence-electron chi connectivity index (χ0n) is 7.66. The molecule has 0 spiro atoms. The summed E-state index contributed by atoms with van der Waals surface area (Å²) < 4.78 is 11.2. The van der Waals surface area contributed by atoms with Crippen molar-refractivity contribution in [3.63, 3.8) is 0 Å². The van der Waals surface area contributed by atoms with Crippen LogP contribution in [0.3, 0.4) is 0 Å². The molecule has 1 unspecified atom stereocenters. The van der Waals surface area contributed by atoms with E-state index in [1.165, 1.54) is 6.26 Å². The SMILES string of the molecule is O=C(CC1CCCO1)c1occc1Br. The summed E-state index contributed by atoms with van der Waals surface area (Å²) in [5.74, 6) is 0.411. The third-order valence-corrected chi connectivity index (χ3v) is 2.93. The van der Waals surface area contributed by atoms with E-state index in [4.69, 9.17) is 9.15 Å². The Balaban J connectivity index is 1.98. The van der Waals surface area contributed by atoms with E-state index in [0.717, 1.165) is 23.9 Å². The Morgan fingerprint density at radius 1 is 1.64 bits per heavy atom. The first-order valence-electron chi connectivity index (χ1n) is 4.65. The Hall–Kier alpha value is -0.610. The minimum Gasteiger partial charge on any atom is -0.460 e. The number of carbonyl (C=O) groups is 1. The van der Waals surface area contributed by atoms with Crippen molar-refractivity contribution in [3.8, 4) is 0 Å². The summed E-state index contributed by atoms with van der Waals surface area (Å²) in [5.41, 5.74) is 0. The zero-order chi connectivity index (χ0) is 9.97. The Bertz CT molecular complexity index is 326. The number of hydrogen-bond donors (Lipinski definition) is 0. The van der Waals surface area contributed by atoms with E-state index >= 15 is 0 Å². The van der Waals surface area contributed by atoms with Crippen LogP contribution in [0.1, 0.15) is 29.8 Å². The molecule has 1 aromatic heterocycles. The monoisotopic (exact) mass is 258 g/mol. The minimum atomic E-state index is 0.00813. The highest BCUT2D eigenvalue weighted by atomic mass is 79.9. The average molecular weight is 259 g/mol. The highest BCUT2D eigenvalue weighted by Crippen LogP contribution is 2.22. The van der Waals surface area contributed by atoms with Gasteiger partial charge in [-0.3, -0.25) is 4.79 Å². The molecule has 2 heterocycles. The first kappa shape index (κ1) is 9.93. The standard InChI is InChI=1S/C10H11BrO3/c11-8-3-5-14-10(8)9(12)6-7-2-1-4-13-7/h3,5,7H,1-2,4,6H2. The molecular formula is C10H11BrO3. The van der Waals surface area contributed by atoms with Crippen LogP contribution in [0.5, 0.6) is 0 Å². The van der Waals surface area contributed by atoms with Gasteiger partial charge in [0.1, 0.15) is 0 Å². The summed E-state index contributed by atoms with van der Waals surface area (Å²) >= 11 is 3.26. The lowest BCUT2D eigenvalue weighted by molar-refractivity contribution is 0.0752. The zero-order valence-corrected chi connectivity index (χ0v) is 9.25. The van der Waals surface area contributed by atoms with E-state index in [1.807, 2.05) is 0 Å². The lowest BCUT2D eigenvalue weighted by atomic mass is 10.1. The maximum atomic E-state index is 11.7. The normalized spacial score (nSPS) is 21.4. The summed E-state index contributed by atoms with van der Waals surface area (Å²) in [6.07, 6.45) is 4.04. The van der Waals surface area contributed by atoms with Crippen LogP contribution in [0.15, 0.2) is 21.2 Å². The van der Waals surface area contributed by atoms with Crippen LogP contribution in [0.2, 0.25) is 0 Å². The maximum Gasteiger partial charge on any atom is 0.201 e. The minimum absolute atomic E-state index is 0.00813. The lowest BCUT2D eigenvalue weighted by Crippen LogP contribution is -2.12. The molecule has 14 heavy (non-hydrogen) atoms. The van der Waals surface area contributed by atoms with Crippen LogP contribution < -0.4 is 0 Å². The second kappa shape index (κ2) is 4.28. The summed E-state index contributed by atoms with van der Waals surface area (Å²) in [7, 11) is 0. The summed E-state index contributed by atoms with van der Waals surface area (Å²) in [4.78, 5) is 11.7. The molecule has 1 aromatic rings. The van der Waals surface area contributed by atoms with Crippen molar-refractivity contribution in [1.29, 1.82) is 0 Å². The van der Waals surface area contributed by atoms with Crippen LogP contribution in [-0.2, 0) is 4.74 Å². The van der Waals surface area contributed by atoms with E-state index in [9.17, 15) is 4.79 Å². The Labute approximate surface area is 90.6 Å². The van der Waals surface area contributed by atoms with Gasteiger partial charge >= 0.3 is 0 Å². The fraction of sp³-hybridized carbons (Fsp3) is 0.500. The molecule has 0 aliphatic carbocycles. The fourth-order valence-corrected chi connectivity index (χ4v) is 2.02. The topological polar surface area (TPSA) is 39.4 Å². The first-order chi connectivity index (χ1) is 6.77. The molecule has 0 amide bonds. The largest absolute Gasteiger partial charge is 0.460 e. The maximum absolute atomic E-state index is 11.7. The summed E-state index contributed by atoms with van der Waals surface area (Å²) in [6.45, 7) is 0.775. The first-order valence-corrected chi connectivity index (χ1v) is 5.44. The van der Waals surface area contributed by atoms with Gasteiger partial charge in [-0.1, -0.05) is 0 Å². The van der Waals surface area contributed by atoms with Crippen molar-refractivity contribution >= 4 is 21.7 Å². The Morgan fingerprint density at radius 3 is 3.07 bits per heavy atom. The Kier molecular flexibility index (Phi) is 3.03. The molecule has 0 N–H and O–H groups in total. The van der Waals surface area contributed by atoms with Gasteiger partial charge in [-0.15, -0.1) is 0 Å². The number of ketones is 1. The number of hydrogen-bond acceptors (Lipinski definition) is 3. The molecule has 1 saturated heterocycles. The van der Waals surface area contributed by atoms with Gasteiger partial charge < -0.3 is 9.15 Å². The molecule has 1 aliphatic heterocycles. The van der Waals surface area contributed by atoms with Gasteiger partial charge in [-0.05, 0) is 34.8 Å². The van der Waals surface area contributed by atoms with Crippen molar-refractivity contribution in [2.45, 2.75) is 25.4 Å². The molecule has 4 heteroatoms. The van der Waals surface area contributed by atoms with Gasteiger partial charge in [0.2, 0.25) is 5.78 Å². The van der Waals surface area contributed by atoms with Crippen LogP contribution in [0, 0.1) is 0 Å². The highest BCUT2D eigenvalue weighted by Gasteiger charge is 2.22. The molecule has 0 radical (unpaired) electrons. The molecule has 1 atom stereocenters. The van der Waals surface area contributed by atoms with Crippen molar-refractivity contribution in [3.05, 3.63) is 22.6 Å². The van der Waals surface area contributed by atoms with Gasteiger partial charge in [-0.2, -0.15) is 0 Å². The number of Topliss-reactive ketones (excluding diaryl/α,β-unsaturated/α-hetero) is 1. The van der Waals surface area contributed by atoms with Crippen LogP contribution in [0.4, 0.5) is 0 Å². The third kappa shape index (κ3) is 2.07. The highest BCUT2D eigenvalue weighted by molar-refractivity contribution is 9.10. The molecule has 1 aliphatic rings. The fourth-order valence-electron chi connectivity index (χ4n) is 1.60. The van der Waals surface area contributed by atoms with E-state index in [2.05, 4.69) is 15.9 Å². The molecule has 76 valence electrons. The second-order valence-electron chi connectivity index (χ2n) is 3.36. The van der Waals surface area contributed by atoms with Gasteiger partial charge in [0.15, 0.2) is 5.76 Å². The molecule has 0 bridgehead atoms. The van der Waals surface area contributed by atoms with Crippen molar-refractivity contribution in [2.24, 2.45) is 0 Å². The van der Waals surface area contributed by atoms with E-state index in [-0.39, 0.29) is 11.9 Å². The molecule has 2 rings (SSSR count). The molecular weight excluding hydrogens is 248 g/mol. The molecule has 0 saturated carbocycles. The van der Waals surface area contributed by atoms with E-state index in [0.29, 0.717) is 12.2 Å². The second-order valence-corrected chi connectivity index (χ2v) is 4.21. The predicted molar refractivity (Wildman–Crippen MR) is 54.3 cm³/mol. The number of ether oxygens (including phenoxy) is 1. The van der Waals surface area contributed by atoms with Crippen LogP contribution in [0.25, 0.3) is 0 Å².